The molecule has 0 aliphatic carbocycles. The molecule has 0 fully saturated rings. The van der Waals surface area contributed by atoms with E-state index in [1.807, 2.05) is 11.5 Å². The Balaban J connectivity index is 1.99. The van der Waals surface area contributed by atoms with E-state index in [0.29, 0.717) is 0 Å². The molecule has 0 saturated carbocycles. The molecule has 3 rings (SSSR count). The minimum atomic E-state index is -3.93. The molecule has 0 bridgehead atoms. The summed E-state index contributed by atoms with van der Waals surface area (Å²) < 4.78 is 54.5. The smallest absolute Gasteiger partial charge is 0.283 e. The van der Waals surface area contributed by atoms with Gasteiger partial charge < -0.3 is 4.57 Å². The van der Waals surface area contributed by atoms with Crippen LogP contribution in [0, 0.1) is 11.6 Å². The van der Waals surface area contributed by atoms with Crippen molar-refractivity contribution >= 4 is 15.7 Å². The summed E-state index contributed by atoms with van der Waals surface area (Å²) in [5.41, 5.74) is 0.0444. The second-order valence-corrected chi connectivity index (χ2v) is 7.63. The van der Waals surface area contributed by atoms with Gasteiger partial charge in [0.15, 0.2) is 16.7 Å². The molecule has 2 heterocycles. The Labute approximate surface area is 133 Å². The lowest BCUT2D eigenvalue weighted by Gasteiger charge is -2.20. The Hall–Kier alpha value is -1.96. The van der Waals surface area contributed by atoms with Crippen molar-refractivity contribution in [2.24, 2.45) is 0 Å². The van der Waals surface area contributed by atoms with E-state index in [1.54, 1.807) is 0 Å². The largest absolute Gasteiger partial charge is 0.331 e. The number of imidazole rings is 1. The first-order valence-electron chi connectivity index (χ1n) is 7.32. The van der Waals surface area contributed by atoms with Crippen LogP contribution in [-0.2, 0) is 16.4 Å². The minimum Gasteiger partial charge on any atom is -0.331 e. The highest BCUT2D eigenvalue weighted by molar-refractivity contribution is 7.92. The number of fused-ring (bicyclic) bond motifs is 1. The molecule has 1 aromatic heterocycles. The molecule has 0 spiro atoms. The topological polar surface area (TPSA) is 55.2 Å². The molecule has 1 aliphatic heterocycles. The van der Waals surface area contributed by atoms with E-state index in [9.17, 15) is 17.2 Å². The van der Waals surface area contributed by atoms with Crippen LogP contribution in [0.5, 0.6) is 0 Å². The normalized spacial score (nSPS) is 17.8. The number of nitrogens with zero attached hydrogens (tertiary/aromatic N) is 3. The zero-order chi connectivity index (χ0) is 16.8. The van der Waals surface area contributed by atoms with E-state index < -0.39 is 21.7 Å². The first-order valence-corrected chi connectivity index (χ1v) is 8.76. The van der Waals surface area contributed by atoms with Crippen molar-refractivity contribution in [1.82, 2.24) is 9.55 Å². The summed E-state index contributed by atoms with van der Waals surface area (Å²) in [6, 6.07) is 3.17. The number of anilines is 1. The van der Waals surface area contributed by atoms with Crippen molar-refractivity contribution in [2.75, 3.05) is 11.4 Å². The molecular formula is C15H17F2N3O2S. The molecule has 0 radical (unpaired) electrons. The maximum absolute atomic E-state index is 13.4. The third-order valence-corrected chi connectivity index (χ3v) is 5.83. The van der Waals surface area contributed by atoms with Crippen molar-refractivity contribution in [3.63, 3.8) is 0 Å². The molecule has 0 amide bonds. The van der Waals surface area contributed by atoms with E-state index in [4.69, 9.17) is 0 Å². The number of hydrogen-bond donors (Lipinski definition) is 0. The van der Waals surface area contributed by atoms with Crippen LogP contribution in [0.1, 0.15) is 31.6 Å². The number of aromatic nitrogens is 2. The van der Waals surface area contributed by atoms with Crippen LogP contribution < -0.4 is 4.31 Å². The Morgan fingerprint density at radius 2 is 2.04 bits per heavy atom. The third-order valence-electron chi connectivity index (χ3n) is 4.18. The molecule has 1 unspecified atom stereocenters. The van der Waals surface area contributed by atoms with Gasteiger partial charge in [-0.15, -0.1) is 0 Å². The van der Waals surface area contributed by atoms with E-state index >= 15 is 0 Å². The van der Waals surface area contributed by atoms with Crippen LogP contribution in [0.4, 0.5) is 14.5 Å². The van der Waals surface area contributed by atoms with Gasteiger partial charge in [0.1, 0.15) is 5.82 Å². The van der Waals surface area contributed by atoms with Gasteiger partial charge in [0.05, 0.1) is 5.69 Å². The zero-order valence-electron chi connectivity index (χ0n) is 12.8. The number of sulfonamides is 1. The fraction of sp³-hybridized carbons (Fsp3) is 0.400. The van der Waals surface area contributed by atoms with Crippen LogP contribution in [-0.4, -0.2) is 25.0 Å². The standard InChI is InChI=1S/C15H17F2N3O2S/c1-10-4-3-5-14-18-15(9-20(10)14)23(21,22)19(2)11-6-7-12(16)13(17)8-11/h6-10H,3-5H2,1-2H3. The molecule has 2 aromatic rings. The molecule has 0 saturated heterocycles. The number of benzene rings is 1. The summed E-state index contributed by atoms with van der Waals surface area (Å²) in [7, 11) is -2.63. The molecule has 23 heavy (non-hydrogen) atoms. The molecule has 124 valence electrons. The Morgan fingerprint density at radius 3 is 2.70 bits per heavy atom. The number of halogens is 2. The first kappa shape index (κ1) is 15.9. The van der Waals surface area contributed by atoms with Gasteiger partial charge in [-0.3, -0.25) is 4.31 Å². The zero-order valence-corrected chi connectivity index (χ0v) is 13.6. The lowest BCUT2D eigenvalue weighted by molar-refractivity contribution is 0.425. The van der Waals surface area contributed by atoms with Crippen molar-refractivity contribution in [1.29, 1.82) is 0 Å². The number of aryl methyl sites for hydroxylation is 1. The monoisotopic (exact) mass is 341 g/mol. The third kappa shape index (κ3) is 2.71. The van der Waals surface area contributed by atoms with Gasteiger partial charge in [-0.1, -0.05) is 0 Å². The predicted octanol–water partition coefficient (Wildman–Crippen LogP) is 2.88. The van der Waals surface area contributed by atoms with Crippen LogP contribution in [0.2, 0.25) is 0 Å². The summed E-state index contributed by atoms with van der Waals surface area (Å²) in [6.45, 7) is 2.01. The molecule has 1 aliphatic rings. The Kier molecular flexibility index (Phi) is 3.87. The molecule has 1 atom stereocenters. The van der Waals surface area contributed by atoms with Crippen LogP contribution in [0.15, 0.2) is 29.4 Å². The van der Waals surface area contributed by atoms with Crippen molar-refractivity contribution < 1.29 is 17.2 Å². The van der Waals surface area contributed by atoms with Crippen LogP contribution in [0.3, 0.4) is 0 Å². The van der Waals surface area contributed by atoms with Crippen molar-refractivity contribution in [3.05, 3.63) is 41.9 Å². The number of rotatable bonds is 3. The SMILES string of the molecule is CC1CCCc2nc(S(=O)(=O)N(C)c3ccc(F)c(F)c3)cn21. The van der Waals surface area contributed by atoms with Gasteiger partial charge >= 0.3 is 0 Å². The Bertz CT molecular complexity index is 848. The summed E-state index contributed by atoms with van der Waals surface area (Å²) in [5, 5.41) is -0.0755. The summed E-state index contributed by atoms with van der Waals surface area (Å²) >= 11 is 0. The highest BCUT2D eigenvalue weighted by Gasteiger charge is 2.28. The lowest BCUT2D eigenvalue weighted by Crippen LogP contribution is -2.27. The average molecular weight is 341 g/mol. The maximum atomic E-state index is 13.4. The highest BCUT2D eigenvalue weighted by atomic mass is 32.2. The second-order valence-electron chi connectivity index (χ2n) is 5.71. The molecule has 5 nitrogen and oxygen atoms in total. The van der Waals surface area contributed by atoms with E-state index in [2.05, 4.69) is 4.98 Å². The van der Waals surface area contributed by atoms with Gasteiger partial charge in [0.25, 0.3) is 10.0 Å². The highest BCUT2D eigenvalue weighted by Crippen LogP contribution is 2.28. The van der Waals surface area contributed by atoms with Crippen LogP contribution >= 0.6 is 0 Å². The lowest BCUT2D eigenvalue weighted by atomic mass is 10.1. The van der Waals surface area contributed by atoms with Gasteiger partial charge in [-0.25, -0.2) is 13.8 Å². The summed E-state index contributed by atoms with van der Waals surface area (Å²) in [5.74, 6) is -1.38. The van der Waals surface area contributed by atoms with Gasteiger partial charge in [-0.05, 0) is 31.9 Å². The van der Waals surface area contributed by atoms with E-state index in [0.717, 1.165) is 41.5 Å². The maximum Gasteiger partial charge on any atom is 0.283 e. The Morgan fingerprint density at radius 1 is 1.30 bits per heavy atom. The summed E-state index contributed by atoms with van der Waals surface area (Å²) in [4.78, 5) is 4.22. The van der Waals surface area contributed by atoms with Crippen molar-refractivity contribution in [2.45, 2.75) is 37.3 Å². The van der Waals surface area contributed by atoms with Crippen LogP contribution in [0.25, 0.3) is 0 Å². The van der Waals surface area contributed by atoms with E-state index in [1.165, 1.54) is 19.3 Å². The minimum absolute atomic E-state index is 0.0444. The fourth-order valence-electron chi connectivity index (χ4n) is 2.75. The quantitative estimate of drug-likeness (QED) is 0.863. The van der Waals surface area contributed by atoms with Gasteiger partial charge in [0, 0.05) is 31.8 Å². The predicted molar refractivity (Wildman–Crippen MR) is 81.8 cm³/mol. The average Bonchev–Trinajstić information content (AvgIpc) is 2.96. The number of hydrogen-bond acceptors (Lipinski definition) is 3. The van der Waals surface area contributed by atoms with Gasteiger partial charge in [0.2, 0.25) is 0 Å². The molecule has 8 heteroatoms. The van der Waals surface area contributed by atoms with Crippen molar-refractivity contribution in [3.8, 4) is 0 Å². The second kappa shape index (κ2) is 5.59. The van der Waals surface area contributed by atoms with E-state index in [-0.39, 0.29) is 16.8 Å². The first-order chi connectivity index (χ1) is 10.8. The molecule has 0 N–H and O–H groups in total. The fourth-order valence-corrected chi connectivity index (χ4v) is 3.89. The van der Waals surface area contributed by atoms with Gasteiger partial charge in [-0.2, -0.15) is 8.42 Å². The molecule has 1 aromatic carbocycles. The summed E-state index contributed by atoms with van der Waals surface area (Å²) in [6.07, 6.45) is 4.19. The molecular weight excluding hydrogens is 324 g/mol.